The fourth-order valence-corrected chi connectivity index (χ4v) is 2.49. The number of aromatic amines is 1. The maximum Gasteiger partial charge on any atom is 0.247 e. The largest absolute Gasteiger partial charge is 0.361 e. The van der Waals surface area contributed by atoms with E-state index in [-0.39, 0.29) is 24.2 Å². The van der Waals surface area contributed by atoms with E-state index in [2.05, 4.69) is 32.9 Å². The topological polar surface area (TPSA) is 98.4 Å². The number of amides is 2. The highest BCUT2D eigenvalue weighted by Gasteiger charge is 2.27. The highest BCUT2D eigenvalue weighted by Crippen LogP contribution is 2.17. The summed E-state index contributed by atoms with van der Waals surface area (Å²) in [5.74, 6) is -0.781. The minimum atomic E-state index is -0.377. The lowest BCUT2D eigenvalue weighted by atomic mass is 10.0. The number of benzene rings is 1. The molecule has 2 amide bonds. The van der Waals surface area contributed by atoms with Crippen molar-refractivity contribution in [3.8, 4) is 0 Å². The van der Waals surface area contributed by atoms with Gasteiger partial charge in [0.2, 0.25) is 11.8 Å². The molecule has 1 fully saturated rings. The highest BCUT2D eigenvalue weighted by atomic mass is 16.2. The molecule has 4 N–H and O–H groups in total. The van der Waals surface area contributed by atoms with Gasteiger partial charge in [-0.1, -0.05) is 24.8 Å². The highest BCUT2D eigenvalue weighted by molar-refractivity contribution is 5.99. The Bertz CT molecular complexity index is 777. The number of carbonyl (C=O) groups excluding carboxylic acids is 2. The number of carbonyl (C=O) groups is 2. The summed E-state index contributed by atoms with van der Waals surface area (Å²) in [6, 6.07) is 7.84. The molecule has 0 radical (unpaired) electrons. The maximum absolute atomic E-state index is 11.8. The molecular weight excluding hydrogens is 294 g/mol. The lowest BCUT2D eigenvalue weighted by molar-refractivity contribution is -0.123. The summed E-state index contributed by atoms with van der Waals surface area (Å²) >= 11 is 0. The number of hydrogen-bond acceptors (Lipinski definition) is 4. The number of hydrazine groups is 1. The molecular formula is C16H17N5O2. The molecule has 23 heavy (non-hydrogen) atoms. The van der Waals surface area contributed by atoms with Crippen LogP contribution < -0.4 is 16.3 Å². The molecule has 0 bridgehead atoms. The minimum absolute atomic E-state index is 0.162. The summed E-state index contributed by atoms with van der Waals surface area (Å²) in [7, 11) is 0. The second-order valence-corrected chi connectivity index (χ2v) is 5.31. The van der Waals surface area contributed by atoms with Crippen molar-refractivity contribution in [1.29, 1.82) is 0 Å². The summed E-state index contributed by atoms with van der Waals surface area (Å²) in [5.41, 5.74) is 10.1. The minimum Gasteiger partial charge on any atom is -0.361 e. The summed E-state index contributed by atoms with van der Waals surface area (Å²) in [6.07, 6.45) is 4.02. The first-order valence-electron chi connectivity index (χ1n) is 7.28. The van der Waals surface area contributed by atoms with E-state index in [1.54, 1.807) is 6.21 Å². The van der Waals surface area contributed by atoms with Crippen molar-refractivity contribution in [3.05, 3.63) is 48.3 Å². The van der Waals surface area contributed by atoms with Crippen LogP contribution in [-0.2, 0) is 9.59 Å². The van der Waals surface area contributed by atoms with Crippen LogP contribution in [-0.4, -0.2) is 23.0 Å². The average Bonchev–Trinajstić information content (AvgIpc) is 3.10. The standard InChI is InChI=1S/C16H17N5O2/c1-10-12(16(23)21-19-10)6-7-15(22)20-18-9-11-8-17-14-5-3-2-4-13(11)14/h2-5,8-9,12,17,19H,1,6-7H2,(H,20,22)(H,21,23). The summed E-state index contributed by atoms with van der Waals surface area (Å²) < 4.78 is 0. The van der Waals surface area contributed by atoms with E-state index in [0.717, 1.165) is 16.5 Å². The fraction of sp³-hybridized carbons (Fsp3) is 0.188. The zero-order chi connectivity index (χ0) is 16.2. The number of aromatic nitrogens is 1. The van der Waals surface area contributed by atoms with Crippen LogP contribution in [0.1, 0.15) is 18.4 Å². The Hall–Kier alpha value is -3.09. The molecule has 1 aliphatic heterocycles. The van der Waals surface area contributed by atoms with E-state index in [4.69, 9.17) is 0 Å². The lowest BCUT2D eigenvalue weighted by Gasteiger charge is -2.05. The Morgan fingerprint density at radius 2 is 2.17 bits per heavy atom. The van der Waals surface area contributed by atoms with E-state index >= 15 is 0 Å². The Kier molecular flexibility index (Phi) is 4.09. The van der Waals surface area contributed by atoms with Crippen molar-refractivity contribution in [2.45, 2.75) is 12.8 Å². The van der Waals surface area contributed by atoms with Crippen molar-refractivity contribution in [3.63, 3.8) is 0 Å². The summed E-state index contributed by atoms with van der Waals surface area (Å²) in [4.78, 5) is 26.4. The quantitative estimate of drug-likeness (QED) is 0.492. The van der Waals surface area contributed by atoms with Gasteiger partial charge >= 0.3 is 0 Å². The first kappa shape index (κ1) is 14.8. The van der Waals surface area contributed by atoms with Crippen LogP contribution in [0.2, 0.25) is 0 Å². The second-order valence-electron chi connectivity index (χ2n) is 5.31. The SMILES string of the molecule is C=C1NNC(=O)C1CCC(=O)NN=Cc1c[nH]c2ccccc12. The number of nitrogens with zero attached hydrogens (tertiary/aromatic N) is 1. The smallest absolute Gasteiger partial charge is 0.247 e. The van der Waals surface area contributed by atoms with E-state index in [0.29, 0.717) is 12.1 Å². The van der Waals surface area contributed by atoms with Gasteiger partial charge in [0.15, 0.2) is 0 Å². The number of para-hydroxylation sites is 1. The predicted octanol–water partition coefficient (Wildman–Crippen LogP) is 1.16. The third-order valence-corrected chi connectivity index (χ3v) is 3.76. The normalized spacial score (nSPS) is 17.5. The number of nitrogens with one attached hydrogen (secondary N) is 4. The maximum atomic E-state index is 11.8. The molecule has 1 aromatic carbocycles. The Labute approximate surface area is 132 Å². The van der Waals surface area contributed by atoms with Crippen molar-refractivity contribution in [1.82, 2.24) is 21.3 Å². The number of hydrazone groups is 1. The third-order valence-electron chi connectivity index (χ3n) is 3.76. The molecule has 2 heterocycles. The van der Waals surface area contributed by atoms with Crippen LogP contribution in [0, 0.1) is 5.92 Å². The number of H-pyrrole nitrogens is 1. The molecule has 7 nitrogen and oxygen atoms in total. The Morgan fingerprint density at radius 1 is 1.35 bits per heavy atom. The van der Waals surface area contributed by atoms with Crippen molar-refractivity contribution < 1.29 is 9.59 Å². The van der Waals surface area contributed by atoms with Crippen LogP contribution in [0.25, 0.3) is 10.9 Å². The molecule has 7 heteroatoms. The van der Waals surface area contributed by atoms with Gasteiger partial charge in [-0.15, -0.1) is 0 Å². The van der Waals surface area contributed by atoms with E-state index in [1.165, 1.54) is 0 Å². The monoisotopic (exact) mass is 311 g/mol. The molecule has 3 rings (SSSR count). The second kappa shape index (κ2) is 6.35. The van der Waals surface area contributed by atoms with Gasteiger partial charge in [-0.05, 0) is 12.5 Å². The van der Waals surface area contributed by atoms with Crippen LogP contribution >= 0.6 is 0 Å². The van der Waals surface area contributed by atoms with Crippen LogP contribution in [0.5, 0.6) is 0 Å². The zero-order valence-corrected chi connectivity index (χ0v) is 12.4. The lowest BCUT2D eigenvalue weighted by Crippen LogP contribution is -2.26. The van der Waals surface area contributed by atoms with E-state index < -0.39 is 0 Å². The Morgan fingerprint density at radius 3 is 2.96 bits per heavy atom. The van der Waals surface area contributed by atoms with Gasteiger partial charge in [-0.25, -0.2) is 5.43 Å². The molecule has 1 aliphatic rings. The number of rotatable bonds is 5. The van der Waals surface area contributed by atoms with Crippen molar-refractivity contribution in [2.24, 2.45) is 11.0 Å². The van der Waals surface area contributed by atoms with Gasteiger partial charge in [-0.3, -0.25) is 15.0 Å². The van der Waals surface area contributed by atoms with Gasteiger partial charge in [0.05, 0.1) is 12.1 Å². The Balaban J connectivity index is 1.52. The first-order valence-corrected chi connectivity index (χ1v) is 7.28. The van der Waals surface area contributed by atoms with Crippen LogP contribution in [0.3, 0.4) is 0 Å². The summed E-state index contributed by atoms with van der Waals surface area (Å²) in [5, 5.41) is 5.00. The molecule has 0 aliphatic carbocycles. The predicted molar refractivity (Wildman–Crippen MR) is 87.2 cm³/mol. The van der Waals surface area contributed by atoms with E-state index in [9.17, 15) is 9.59 Å². The molecule has 118 valence electrons. The summed E-state index contributed by atoms with van der Waals surface area (Å²) in [6.45, 7) is 3.73. The molecule has 2 aromatic rings. The van der Waals surface area contributed by atoms with Crippen molar-refractivity contribution >= 4 is 28.9 Å². The number of hydrogen-bond donors (Lipinski definition) is 4. The third kappa shape index (κ3) is 3.23. The first-order chi connectivity index (χ1) is 11.1. The molecule has 1 unspecified atom stereocenters. The number of fused-ring (bicyclic) bond motifs is 1. The molecule has 1 aromatic heterocycles. The van der Waals surface area contributed by atoms with Gasteiger partial charge in [0.1, 0.15) is 0 Å². The van der Waals surface area contributed by atoms with Crippen LogP contribution in [0.15, 0.2) is 47.8 Å². The van der Waals surface area contributed by atoms with E-state index in [1.807, 2.05) is 30.5 Å². The van der Waals surface area contributed by atoms with Crippen LogP contribution in [0.4, 0.5) is 0 Å². The zero-order valence-electron chi connectivity index (χ0n) is 12.4. The van der Waals surface area contributed by atoms with Gasteiger partial charge in [0, 0.05) is 34.8 Å². The molecule has 1 saturated heterocycles. The van der Waals surface area contributed by atoms with Gasteiger partial charge < -0.3 is 10.4 Å². The van der Waals surface area contributed by atoms with Crippen molar-refractivity contribution in [2.75, 3.05) is 0 Å². The average molecular weight is 311 g/mol. The van der Waals surface area contributed by atoms with Gasteiger partial charge in [-0.2, -0.15) is 5.10 Å². The fourth-order valence-electron chi connectivity index (χ4n) is 2.49. The molecule has 0 spiro atoms. The molecule has 1 atom stereocenters. The van der Waals surface area contributed by atoms with Gasteiger partial charge in [0.25, 0.3) is 0 Å². The molecule has 0 saturated carbocycles.